The monoisotopic (exact) mass is 201 g/mol. The predicted molar refractivity (Wildman–Crippen MR) is 63.6 cm³/mol. The zero-order valence-corrected chi connectivity index (χ0v) is 8.60. The van der Waals surface area contributed by atoms with Crippen LogP contribution in [0.15, 0.2) is 24.3 Å². The van der Waals surface area contributed by atoms with E-state index in [1.165, 1.54) is 33.4 Å². The zero-order valence-electron chi connectivity index (χ0n) is 7.79. The number of benzene rings is 1. The maximum absolute atomic E-state index is 6.00. The van der Waals surface area contributed by atoms with Gasteiger partial charge in [0, 0.05) is 20.7 Å². The van der Waals surface area contributed by atoms with Gasteiger partial charge in [0.25, 0.3) is 0 Å². The highest BCUT2D eigenvalue weighted by atomic mass is 32.1. The summed E-state index contributed by atoms with van der Waals surface area (Å²) in [7, 11) is 0. The molecule has 0 atom stereocenters. The van der Waals surface area contributed by atoms with Crippen LogP contribution in [0.25, 0.3) is 16.2 Å². The standard InChI is InChI=1S/C12H11NS/c13-9-5-3-7-11-12(9)8-4-1-2-6-10(8)14-11/h1,3-5,7H,2,6,13H2. The van der Waals surface area contributed by atoms with Crippen molar-refractivity contribution < 1.29 is 0 Å². The van der Waals surface area contributed by atoms with Crippen molar-refractivity contribution in [2.75, 3.05) is 5.73 Å². The molecule has 2 N–H and O–H groups in total. The Morgan fingerprint density at radius 1 is 1.29 bits per heavy atom. The fourth-order valence-electron chi connectivity index (χ4n) is 2.03. The van der Waals surface area contributed by atoms with E-state index in [9.17, 15) is 0 Å². The van der Waals surface area contributed by atoms with Gasteiger partial charge in [-0.2, -0.15) is 0 Å². The zero-order chi connectivity index (χ0) is 9.54. The number of thiophene rings is 1. The van der Waals surface area contributed by atoms with E-state index in [0.29, 0.717) is 0 Å². The van der Waals surface area contributed by atoms with Crippen molar-refractivity contribution in [3.63, 3.8) is 0 Å². The van der Waals surface area contributed by atoms with E-state index in [4.69, 9.17) is 5.73 Å². The van der Waals surface area contributed by atoms with Gasteiger partial charge < -0.3 is 5.73 Å². The molecule has 2 heteroatoms. The van der Waals surface area contributed by atoms with Crippen LogP contribution in [0.3, 0.4) is 0 Å². The average Bonchev–Trinajstić information content (AvgIpc) is 2.57. The summed E-state index contributed by atoms with van der Waals surface area (Å²) in [6, 6.07) is 6.17. The maximum atomic E-state index is 6.00. The number of fused-ring (bicyclic) bond motifs is 3. The largest absolute Gasteiger partial charge is 0.398 e. The van der Waals surface area contributed by atoms with E-state index in [2.05, 4.69) is 18.2 Å². The van der Waals surface area contributed by atoms with Crippen LogP contribution in [-0.2, 0) is 6.42 Å². The number of allylic oxidation sites excluding steroid dienone is 1. The topological polar surface area (TPSA) is 26.0 Å². The number of hydrogen-bond acceptors (Lipinski definition) is 2. The van der Waals surface area contributed by atoms with E-state index in [0.717, 1.165) is 5.69 Å². The van der Waals surface area contributed by atoms with Crippen molar-refractivity contribution in [2.45, 2.75) is 12.8 Å². The molecule has 1 nitrogen and oxygen atoms in total. The molecule has 0 aliphatic heterocycles. The Morgan fingerprint density at radius 3 is 3.14 bits per heavy atom. The molecular formula is C12H11NS. The van der Waals surface area contributed by atoms with Crippen molar-refractivity contribution in [3.05, 3.63) is 34.7 Å². The summed E-state index contributed by atoms with van der Waals surface area (Å²) in [5.41, 5.74) is 8.26. The summed E-state index contributed by atoms with van der Waals surface area (Å²) >= 11 is 1.88. The average molecular weight is 201 g/mol. The lowest BCUT2D eigenvalue weighted by molar-refractivity contribution is 1.02. The molecule has 3 rings (SSSR count). The number of anilines is 1. The maximum Gasteiger partial charge on any atom is 0.0408 e. The lowest BCUT2D eigenvalue weighted by Crippen LogP contribution is -1.90. The van der Waals surface area contributed by atoms with Crippen molar-refractivity contribution in [1.82, 2.24) is 0 Å². The van der Waals surface area contributed by atoms with Gasteiger partial charge in [0.2, 0.25) is 0 Å². The van der Waals surface area contributed by atoms with Crippen molar-refractivity contribution >= 4 is 33.2 Å². The van der Waals surface area contributed by atoms with Gasteiger partial charge in [0.15, 0.2) is 0 Å². The van der Waals surface area contributed by atoms with Crippen LogP contribution >= 0.6 is 11.3 Å². The van der Waals surface area contributed by atoms with Crippen molar-refractivity contribution in [2.24, 2.45) is 0 Å². The Morgan fingerprint density at radius 2 is 2.21 bits per heavy atom. The summed E-state index contributed by atoms with van der Waals surface area (Å²) < 4.78 is 1.32. The second-order valence-electron chi connectivity index (χ2n) is 3.60. The highest BCUT2D eigenvalue weighted by Gasteiger charge is 2.13. The molecule has 0 saturated heterocycles. The van der Waals surface area contributed by atoms with E-state index < -0.39 is 0 Å². The SMILES string of the molecule is Nc1cccc2sc3c(c12)C=CCC3. The molecular weight excluding hydrogens is 190 g/mol. The molecule has 1 aliphatic carbocycles. The molecule has 0 unspecified atom stereocenters. The smallest absolute Gasteiger partial charge is 0.0408 e. The quantitative estimate of drug-likeness (QED) is 0.649. The number of aryl methyl sites for hydroxylation is 1. The molecule has 1 aromatic carbocycles. The summed E-state index contributed by atoms with van der Waals surface area (Å²) in [6.07, 6.45) is 6.79. The normalized spacial score (nSPS) is 14.6. The first-order valence-corrected chi connectivity index (χ1v) is 5.64. The molecule has 1 aromatic heterocycles. The predicted octanol–water partition coefficient (Wildman–Crippen LogP) is 3.44. The summed E-state index contributed by atoms with van der Waals surface area (Å²) in [5.74, 6) is 0. The second kappa shape index (κ2) is 2.85. The molecule has 0 bridgehead atoms. The van der Waals surface area contributed by atoms with Gasteiger partial charge in [-0.3, -0.25) is 0 Å². The van der Waals surface area contributed by atoms with E-state index in [-0.39, 0.29) is 0 Å². The highest BCUT2D eigenvalue weighted by molar-refractivity contribution is 7.19. The molecule has 2 aromatic rings. The molecule has 70 valence electrons. The molecule has 0 amide bonds. The van der Waals surface area contributed by atoms with Crippen LogP contribution in [0.4, 0.5) is 5.69 Å². The first-order chi connectivity index (χ1) is 6.86. The minimum Gasteiger partial charge on any atom is -0.398 e. The van der Waals surface area contributed by atoms with Gasteiger partial charge in [0.05, 0.1) is 0 Å². The first kappa shape index (κ1) is 8.06. The third kappa shape index (κ3) is 1.01. The lowest BCUT2D eigenvalue weighted by atomic mass is 10.0. The van der Waals surface area contributed by atoms with Gasteiger partial charge in [-0.25, -0.2) is 0 Å². The second-order valence-corrected chi connectivity index (χ2v) is 4.74. The van der Waals surface area contributed by atoms with Crippen LogP contribution in [0.1, 0.15) is 16.9 Å². The van der Waals surface area contributed by atoms with Gasteiger partial charge >= 0.3 is 0 Å². The minimum absolute atomic E-state index is 0.909. The Kier molecular flexibility index (Phi) is 1.64. The highest BCUT2D eigenvalue weighted by Crippen LogP contribution is 2.38. The molecule has 1 aliphatic rings. The minimum atomic E-state index is 0.909. The summed E-state index contributed by atoms with van der Waals surface area (Å²) in [5, 5.41) is 1.25. The van der Waals surface area contributed by atoms with Gasteiger partial charge in [-0.1, -0.05) is 18.2 Å². The lowest BCUT2D eigenvalue weighted by Gasteiger charge is -2.04. The summed E-state index contributed by atoms with van der Waals surface area (Å²) in [6.45, 7) is 0. The molecule has 0 fully saturated rings. The van der Waals surface area contributed by atoms with E-state index in [1.807, 2.05) is 23.5 Å². The van der Waals surface area contributed by atoms with Crippen molar-refractivity contribution in [3.8, 4) is 0 Å². The number of hydrogen-bond donors (Lipinski definition) is 1. The van der Waals surface area contributed by atoms with Gasteiger partial charge in [-0.05, 0) is 30.5 Å². The van der Waals surface area contributed by atoms with E-state index >= 15 is 0 Å². The van der Waals surface area contributed by atoms with Crippen LogP contribution in [0, 0.1) is 0 Å². The molecule has 1 heterocycles. The molecule has 0 spiro atoms. The van der Waals surface area contributed by atoms with Crippen LogP contribution in [0.2, 0.25) is 0 Å². The van der Waals surface area contributed by atoms with Crippen LogP contribution in [-0.4, -0.2) is 0 Å². The van der Waals surface area contributed by atoms with Crippen molar-refractivity contribution in [1.29, 1.82) is 0 Å². The van der Waals surface area contributed by atoms with Crippen LogP contribution in [0.5, 0.6) is 0 Å². The Bertz CT molecular complexity index is 522. The Hall–Kier alpha value is -1.28. The van der Waals surface area contributed by atoms with Gasteiger partial charge in [0.1, 0.15) is 0 Å². The Balaban J connectivity index is 2.45. The fraction of sp³-hybridized carbons (Fsp3) is 0.167. The number of nitrogen functional groups attached to an aromatic ring is 1. The number of rotatable bonds is 0. The molecule has 0 saturated carbocycles. The van der Waals surface area contributed by atoms with Crippen LogP contribution < -0.4 is 5.73 Å². The van der Waals surface area contributed by atoms with Gasteiger partial charge in [-0.15, -0.1) is 11.3 Å². The fourth-order valence-corrected chi connectivity index (χ4v) is 3.27. The third-order valence-corrected chi connectivity index (χ3v) is 3.91. The Labute approximate surface area is 86.9 Å². The van der Waals surface area contributed by atoms with E-state index in [1.54, 1.807) is 0 Å². The number of nitrogens with two attached hydrogens (primary N) is 1. The first-order valence-electron chi connectivity index (χ1n) is 4.82. The molecule has 0 radical (unpaired) electrons. The summed E-state index contributed by atoms with van der Waals surface area (Å²) in [4.78, 5) is 1.49. The third-order valence-electron chi connectivity index (χ3n) is 2.68. The molecule has 14 heavy (non-hydrogen) atoms.